The Bertz CT molecular complexity index is 1790. The Balaban J connectivity index is 1.66. The molecular weight excluding hydrogens is 621 g/mol. The van der Waals surface area contributed by atoms with Crippen molar-refractivity contribution in [2.75, 3.05) is 24.5 Å². The lowest BCUT2D eigenvalue weighted by Crippen LogP contribution is -2.41. The predicted molar refractivity (Wildman–Crippen MR) is 176 cm³/mol. The molecule has 1 saturated heterocycles. The van der Waals surface area contributed by atoms with Crippen molar-refractivity contribution in [3.8, 4) is 0 Å². The molecule has 11 heteroatoms. The number of benzene rings is 4. The van der Waals surface area contributed by atoms with Gasteiger partial charge in [0.25, 0.3) is 10.0 Å². The highest BCUT2D eigenvalue weighted by Gasteiger charge is 2.53. The second-order valence-corrected chi connectivity index (χ2v) is 12.9. The summed E-state index contributed by atoms with van der Waals surface area (Å²) in [5.74, 6) is -1.78. The molecule has 1 fully saturated rings. The van der Waals surface area contributed by atoms with Gasteiger partial charge in [0, 0.05) is 6.54 Å². The largest absolute Gasteiger partial charge is 0.465 e. The number of anilines is 1. The van der Waals surface area contributed by atoms with E-state index < -0.39 is 46.0 Å². The van der Waals surface area contributed by atoms with E-state index in [1.807, 2.05) is 77.4 Å². The summed E-state index contributed by atoms with van der Waals surface area (Å²) in [5, 5.41) is 0. The SMILES string of the molecule is CCOC(=O)CN1[C@H](c2ccccc2)N(Cc2cccc(F)c2NS(=O)(=O)c2ccc(C)cc2)[C@H](C(=O)OCC)[C@@H]1c1ccccc1. The fourth-order valence-corrected chi connectivity index (χ4v) is 7.14. The normalized spacial score (nSPS) is 18.5. The van der Waals surface area contributed by atoms with Crippen LogP contribution in [-0.2, 0) is 35.6 Å². The summed E-state index contributed by atoms with van der Waals surface area (Å²) in [5.41, 5.74) is 2.46. The number of aryl methyl sites for hydroxylation is 1. The lowest BCUT2D eigenvalue weighted by molar-refractivity contribution is -0.150. The van der Waals surface area contributed by atoms with Gasteiger partial charge < -0.3 is 9.47 Å². The van der Waals surface area contributed by atoms with Crippen LogP contribution in [0.1, 0.15) is 48.3 Å². The number of halogens is 1. The summed E-state index contributed by atoms with van der Waals surface area (Å²) in [4.78, 5) is 30.8. The smallest absolute Gasteiger partial charge is 0.325 e. The van der Waals surface area contributed by atoms with E-state index in [-0.39, 0.29) is 36.9 Å². The third-order valence-corrected chi connectivity index (χ3v) is 9.41. The lowest BCUT2D eigenvalue weighted by atomic mass is 9.98. The van der Waals surface area contributed by atoms with Crippen LogP contribution in [0.2, 0.25) is 0 Å². The summed E-state index contributed by atoms with van der Waals surface area (Å²) in [6.07, 6.45) is -0.690. The Hall–Kier alpha value is -4.58. The summed E-state index contributed by atoms with van der Waals surface area (Å²) in [7, 11) is -4.17. The zero-order valence-corrected chi connectivity index (χ0v) is 27.3. The maximum atomic E-state index is 15.6. The molecular formula is C36H38FN3O6S. The molecule has 1 aliphatic rings. The Morgan fingerprint density at radius 3 is 2.02 bits per heavy atom. The molecule has 1 N–H and O–H groups in total. The fraction of sp³-hybridized carbons (Fsp3) is 0.278. The van der Waals surface area contributed by atoms with Crippen molar-refractivity contribution < 1.29 is 31.9 Å². The van der Waals surface area contributed by atoms with Crippen molar-refractivity contribution in [3.05, 3.63) is 131 Å². The number of para-hydroxylation sites is 1. The van der Waals surface area contributed by atoms with Crippen molar-refractivity contribution in [1.82, 2.24) is 9.80 Å². The van der Waals surface area contributed by atoms with Crippen LogP contribution < -0.4 is 4.72 Å². The second kappa shape index (κ2) is 14.9. The average molecular weight is 660 g/mol. The third kappa shape index (κ3) is 7.54. The lowest BCUT2D eigenvalue weighted by Gasteiger charge is -2.32. The molecule has 0 aromatic heterocycles. The average Bonchev–Trinajstić information content (AvgIpc) is 3.37. The van der Waals surface area contributed by atoms with E-state index in [1.54, 1.807) is 32.0 Å². The van der Waals surface area contributed by atoms with Crippen molar-refractivity contribution >= 4 is 27.6 Å². The topological polar surface area (TPSA) is 105 Å². The Morgan fingerprint density at radius 2 is 1.40 bits per heavy atom. The second-order valence-electron chi connectivity index (χ2n) is 11.2. The molecule has 1 heterocycles. The number of nitrogens with one attached hydrogen (secondary N) is 1. The van der Waals surface area contributed by atoms with Gasteiger partial charge in [0.1, 0.15) is 11.9 Å². The first kappa shape index (κ1) is 33.8. The molecule has 0 unspecified atom stereocenters. The minimum atomic E-state index is -4.17. The molecule has 5 rings (SSSR count). The first-order chi connectivity index (χ1) is 22.6. The molecule has 4 aromatic rings. The first-order valence-electron chi connectivity index (χ1n) is 15.4. The van der Waals surface area contributed by atoms with Gasteiger partial charge in [-0.25, -0.2) is 12.8 Å². The van der Waals surface area contributed by atoms with Crippen molar-refractivity contribution in [2.24, 2.45) is 0 Å². The number of sulfonamides is 1. The van der Waals surface area contributed by atoms with Gasteiger partial charge in [-0.2, -0.15) is 0 Å². The van der Waals surface area contributed by atoms with Gasteiger partial charge in [0.2, 0.25) is 0 Å². The molecule has 0 amide bonds. The van der Waals surface area contributed by atoms with E-state index in [0.29, 0.717) is 5.56 Å². The number of hydrogen-bond acceptors (Lipinski definition) is 8. The van der Waals surface area contributed by atoms with Crippen molar-refractivity contribution in [1.29, 1.82) is 0 Å². The molecule has 0 radical (unpaired) electrons. The first-order valence-corrected chi connectivity index (χ1v) is 16.9. The number of esters is 2. The number of carbonyl (C=O) groups excluding carboxylic acids is 2. The van der Waals surface area contributed by atoms with Gasteiger partial charge in [-0.1, -0.05) is 90.5 Å². The molecule has 246 valence electrons. The maximum absolute atomic E-state index is 15.6. The molecule has 4 aromatic carbocycles. The molecule has 47 heavy (non-hydrogen) atoms. The van der Waals surface area contributed by atoms with Gasteiger partial charge in [-0.15, -0.1) is 0 Å². The molecule has 3 atom stereocenters. The molecule has 0 aliphatic carbocycles. The van der Waals surface area contributed by atoms with Crippen LogP contribution in [0, 0.1) is 12.7 Å². The fourth-order valence-electron chi connectivity index (χ4n) is 6.03. The minimum Gasteiger partial charge on any atom is -0.465 e. The van der Waals surface area contributed by atoms with Gasteiger partial charge in [-0.05, 0) is 55.7 Å². The molecule has 0 saturated carbocycles. The van der Waals surface area contributed by atoms with Crippen LogP contribution in [0.3, 0.4) is 0 Å². The van der Waals surface area contributed by atoms with E-state index in [2.05, 4.69) is 4.72 Å². The molecule has 9 nitrogen and oxygen atoms in total. The minimum absolute atomic E-state index is 0.0187. The van der Waals surface area contributed by atoms with Gasteiger partial charge in [-0.3, -0.25) is 24.1 Å². The maximum Gasteiger partial charge on any atom is 0.325 e. The van der Waals surface area contributed by atoms with Crippen LogP contribution in [0.15, 0.2) is 108 Å². The highest BCUT2D eigenvalue weighted by molar-refractivity contribution is 7.92. The van der Waals surface area contributed by atoms with Crippen LogP contribution in [0.25, 0.3) is 0 Å². The summed E-state index contributed by atoms with van der Waals surface area (Å²) in [6, 6.07) is 27.6. The standard InChI is InChI=1S/C36H38FN3O6S/c1-4-45-31(41)24-40-33(26-13-8-6-9-14-26)34(36(42)46-5-2)39(35(40)27-15-10-7-11-16-27)23-28-17-12-18-30(37)32(28)38-47(43,44)29-21-19-25(3)20-22-29/h6-22,33-35,38H,4-5,23-24H2,1-3H3/t33-,34-,35+/m0/s1. The van der Waals surface area contributed by atoms with E-state index in [4.69, 9.17) is 9.47 Å². The van der Waals surface area contributed by atoms with Crippen LogP contribution in [0.5, 0.6) is 0 Å². The van der Waals surface area contributed by atoms with Crippen LogP contribution in [0.4, 0.5) is 10.1 Å². The van der Waals surface area contributed by atoms with Crippen molar-refractivity contribution in [2.45, 2.75) is 50.5 Å². The summed E-state index contributed by atoms with van der Waals surface area (Å²) >= 11 is 0. The zero-order valence-electron chi connectivity index (χ0n) is 26.5. The zero-order chi connectivity index (χ0) is 33.6. The summed E-state index contributed by atoms with van der Waals surface area (Å²) < 4.78 is 55.9. The molecule has 0 spiro atoms. The Labute approximate surface area is 275 Å². The number of nitrogens with zero attached hydrogens (tertiary/aromatic N) is 2. The van der Waals surface area contributed by atoms with Gasteiger partial charge >= 0.3 is 11.9 Å². The molecule has 0 bridgehead atoms. The quantitative estimate of drug-likeness (QED) is 0.185. The van der Waals surface area contributed by atoms with E-state index in [1.165, 1.54) is 24.3 Å². The Kier molecular flexibility index (Phi) is 10.7. The highest BCUT2D eigenvalue weighted by Crippen LogP contribution is 2.47. The van der Waals surface area contributed by atoms with E-state index in [9.17, 15) is 18.0 Å². The number of hydrogen-bond donors (Lipinski definition) is 1. The third-order valence-electron chi connectivity index (χ3n) is 8.05. The van der Waals surface area contributed by atoms with Crippen LogP contribution >= 0.6 is 0 Å². The molecule has 1 aliphatic heterocycles. The number of ether oxygens (including phenoxy) is 2. The predicted octanol–water partition coefficient (Wildman–Crippen LogP) is 5.99. The van der Waals surface area contributed by atoms with E-state index in [0.717, 1.165) is 16.7 Å². The monoisotopic (exact) mass is 659 g/mol. The van der Waals surface area contributed by atoms with Crippen LogP contribution in [-0.4, -0.2) is 56.0 Å². The number of rotatable bonds is 12. The van der Waals surface area contributed by atoms with E-state index >= 15 is 4.39 Å². The summed E-state index contributed by atoms with van der Waals surface area (Å²) in [6.45, 7) is 5.33. The van der Waals surface area contributed by atoms with Gasteiger partial charge in [0.05, 0.1) is 42.5 Å². The highest BCUT2D eigenvalue weighted by atomic mass is 32.2. The number of carbonyl (C=O) groups is 2. The Morgan fingerprint density at radius 1 is 0.787 bits per heavy atom. The van der Waals surface area contributed by atoms with Crippen molar-refractivity contribution in [3.63, 3.8) is 0 Å². The van der Waals surface area contributed by atoms with Gasteiger partial charge in [0.15, 0.2) is 0 Å².